The number of carboxylic acid groups (broad SMARTS) is 1. The topological polar surface area (TPSA) is 81.5 Å². The molecule has 0 fully saturated rings. The maximum atomic E-state index is 11.2. The summed E-state index contributed by atoms with van der Waals surface area (Å²) in [6.45, 7) is 1.79. The number of nitrogens with zero attached hydrogens (tertiary/aromatic N) is 2. The molecule has 1 N–H and O–H groups in total. The fourth-order valence-corrected chi connectivity index (χ4v) is 1.49. The van der Waals surface area contributed by atoms with E-state index in [0.717, 1.165) is 5.69 Å². The van der Waals surface area contributed by atoms with Crippen LogP contribution in [0, 0.1) is 6.92 Å². The van der Waals surface area contributed by atoms with Gasteiger partial charge in [0.05, 0.1) is 7.11 Å². The average molecular weight is 260 g/mol. The largest absolute Gasteiger partial charge is 0.497 e. The van der Waals surface area contributed by atoms with Crippen molar-refractivity contribution in [3.8, 4) is 17.4 Å². The highest BCUT2D eigenvalue weighted by Crippen LogP contribution is 2.27. The fourth-order valence-electron chi connectivity index (χ4n) is 1.49. The number of rotatable bonds is 4. The molecule has 2 aromatic rings. The molecule has 0 saturated carbocycles. The van der Waals surface area contributed by atoms with Gasteiger partial charge < -0.3 is 14.6 Å². The van der Waals surface area contributed by atoms with Crippen LogP contribution < -0.4 is 9.47 Å². The lowest BCUT2D eigenvalue weighted by molar-refractivity contribution is 0.0693. The molecular formula is C13H12N2O4. The highest BCUT2D eigenvalue weighted by Gasteiger charge is 2.14. The molecule has 0 bridgehead atoms. The van der Waals surface area contributed by atoms with Crippen molar-refractivity contribution in [3.05, 3.63) is 41.9 Å². The molecule has 0 aliphatic heterocycles. The number of hydrogen-bond donors (Lipinski definition) is 1. The third kappa shape index (κ3) is 2.98. The molecule has 6 heteroatoms. The molecule has 0 aliphatic carbocycles. The van der Waals surface area contributed by atoms with Gasteiger partial charge in [-0.3, -0.25) is 0 Å². The lowest BCUT2D eigenvalue weighted by Gasteiger charge is -2.09. The molecule has 6 nitrogen and oxygen atoms in total. The minimum absolute atomic E-state index is 0.00983. The molecule has 0 aliphatic rings. The van der Waals surface area contributed by atoms with Crippen molar-refractivity contribution in [2.45, 2.75) is 6.92 Å². The summed E-state index contributed by atoms with van der Waals surface area (Å²) in [6.07, 6.45) is 1.36. The third-order valence-corrected chi connectivity index (χ3v) is 2.41. The third-order valence-electron chi connectivity index (χ3n) is 2.41. The van der Waals surface area contributed by atoms with Crippen LogP contribution in [0.2, 0.25) is 0 Å². The normalized spacial score (nSPS) is 10.0. The van der Waals surface area contributed by atoms with Gasteiger partial charge in [0.15, 0.2) is 0 Å². The van der Waals surface area contributed by atoms with Crippen LogP contribution >= 0.6 is 0 Å². The van der Waals surface area contributed by atoms with Gasteiger partial charge in [-0.25, -0.2) is 14.8 Å². The average Bonchev–Trinajstić information content (AvgIpc) is 2.39. The van der Waals surface area contributed by atoms with E-state index in [4.69, 9.17) is 14.6 Å². The molecule has 98 valence electrons. The summed E-state index contributed by atoms with van der Waals surface area (Å²) in [5.74, 6) is -0.158. The van der Waals surface area contributed by atoms with Gasteiger partial charge in [0, 0.05) is 11.8 Å². The number of methoxy groups -OCH3 is 1. The van der Waals surface area contributed by atoms with Crippen molar-refractivity contribution in [2.24, 2.45) is 0 Å². The number of ether oxygens (including phenoxy) is 2. The van der Waals surface area contributed by atoms with Crippen LogP contribution in [0.1, 0.15) is 16.1 Å². The summed E-state index contributed by atoms with van der Waals surface area (Å²) in [4.78, 5) is 19.0. The number of aromatic nitrogens is 2. The number of benzene rings is 1. The Morgan fingerprint density at radius 2 is 2.05 bits per heavy atom. The Morgan fingerprint density at radius 3 is 2.68 bits per heavy atom. The molecular weight excluding hydrogens is 248 g/mol. The predicted molar refractivity (Wildman–Crippen MR) is 66.8 cm³/mol. The number of carbonyl (C=O) groups is 1. The first-order valence-electron chi connectivity index (χ1n) is 5.48. The summed E-state index contributed by atoms with van der Waals surface area (Å²) in [7, 11) is 1.47. The first kappa shape index (κ1) is 12.8. The van der Waals surface area contributed by atoms with Gasteiger partial charge >= 0.3 is 5.97 Å². The summed E-state index contributed by atoms with van der Waals surface area (Å²) >= 11 is 0. The SMILES string of the molecule is COc1ccc(Oc2cc(C)ncn2)c(C(=O)O)c1. The molecule has 1 aromatic carbocycles. The van der Waals surface area contributed by atoms with E-state index in [0.29, 0.717) is 11.6 Å². The second kappa shape index (κ2) is 5.34. The van der Waals surface area contributed by atoms with E-state index in [9.17, 15) is 4.79 Å². The van der Waals surface area contributed by atoms with Crippen molar-refractivity contribution in [3.63, 3.8) is 0 Å². The van der Waals surface area contributed by atoms with Crippen molar-refractivity contribution < 1.29 is 19.4 Å². The van der Waals surface area contributed by atoms with Crippen LogP contribution in [0.5, 0.6) is 17.4 Å². The van der Waals surface area contributed by atoms with Crippen molar-refractivity contribution in [1.29, 1.82) is 0 Å². The first-order chi connectivity index (χ1) is 9.10. The van der Waals surface area contributed by atoms with E-state index >= 15 is 0 Å². The van der Waals surface area contributed by atoms with Gasteiger partial charge in [-0.05, 0) is 25.1 Å². The van der Waals surface area contributed by atoms with E-state index < -0.39 is 5.97 Å². The van der Waals surface area contributed by atoms with Gasteiger partial charge in [-0.15, -0.1) is 0 Å². The summed E-state index contributed by atoms with van der Waals surface area (Å²) < 4.78 is 10.4. The second-order valence-electron chi connectivity index (χ2n) is 3.77. The molecule has 0 saturated heterocycles. The van der Waals surface area contributed by atoms with Crippen molar-refractivity contribution in [1.82, 2.24) is 9.97 Å². The fraction of sp³-hybridized carbons (Fsp3) is 0.154. The maximum absolute atomic E-state index is 11.2. The Hall–Kier alpha value is -2.63. The number of carboxylic acids is 1. The minimum Gasteiger partial charge on any atom is -0.497 e. The van der Waals surface area contributed by atoms with Crippen molar-refractivity contribution in [2.75, 3.05) is 7.11 Å². The lowest BCUT2D eigenvalue weighted by atomic mass is 10.2. The van der Waals surface area contributed by atoms with Crippen LogP contribution in [0.25, 0.3) is 0 Å². The zero-order valence-corrected chi connectivity index (χ0v) is 10.5. The molecule has 1 heterocycles. The zero-order chi connectivity index (χ0) is 13.8. The van der Waals surface area contributed by atoms with Gasteiger partial charge in [0.1, 0.15) is 23.4 Å². The van der Waals surface area contributed by atoms with E-state index in [1.165, 1.54) is 25.6 Å². The molecule has 0 spiro atoms. The Labute approximate surface area is 109 Å². The summed E-state index contributed by atoms with van der Waals surface area (Å²) in [5, 5.41) is 9.15. The van der Waals surface area contributed by atoms with E-state index in [-0.39, 0.29) is 11.3 Å². The molecule has 0 unspecified atom stereocenters. The summed E-state index contributed by atoms with van der Waals surface area (Å²) in [5.41, 5.74) is 0.742. The van der Waals surface area contributed by atoms with Crippen LogP contribution in [0.3, 0.4) is 0 Å². The monoisotopic (exact) mass is 260 g/mol. The zero-order valence-electron chi connectivity index (χ0n) is 10.5. The number of aryl methyl sites for hydroxylation is 1. The van der Waals surface area contributed by atoms with Gasteiger partial charge in [-0.1, -0.05) is 0 Å². The van der Waals surface area contributed by atoms with E-state index in [1.54, 1.807) is 19.1 Å². The maximum Gasteiger partial charge on any atom is 0.339 e. The van der Waals surface area contributed by atoms with E-state index in [1.807, 2.05) is 0 Å². The predicted octanol–water partition coefficient (Wildman–Crippen LogP) is 2.28. The molecule has 0 amide bonds. The molecule has 1 aromatic heterocycles. The van der Waals surface area contributed by atoms with Crippen molar-refractivity contribution >= 4 is 5.97 Å². The number of aromatic carboxylic acids is 1. The van der Waals surface area contributed by atoms with Crippen LogP contribution in [0.4, 0.5) is 0 Å². The highest BCUT2D eigenvalue weighted by atomic mass is 16.5. The smallest absolute Gasteiger partial charge is 0.339 e. The number of hydrogen-bond acceptors (Lipinski definition) is 5. The van der Waals surface area contributed by atoms with Gasteiger partial charge in [0.2, 0.25) is 5.88 Å². The molecule has 2 rings (SSSR count). The minimum atomic E-state index is -1.10. The second-order valence-corrected chi connectivity index (χ2v) is 3.77. The Morgan fingerprint density at radius 1 is 1.26 bits per heavy atom. The van der Waals surface area contributed by atoms with Crippen LogP contribution in [-0.4, -0.2) is 28.2 Å². The van der Waals surface area contributed by atoms with Gasteiger partial charge in [0.25, 0.3) is 0 Å². The summed E-state index contributed by atoms with van der Waals surface area (Å²) in [6, 6.07) is 6.16. The first-order valence-corrected chi connectivity index (χ1v) is 5.48. The quantitative estimate of drug-likeness (QED) is 0.908. The lowest BCUT2D eigenvalue weighted by Crippen LogP contribution is -2.01. The van der Waals surface area contributed by atoms with E-state index in [2.05, 4.69) is 9.97 Å². The Bertz CT molecular complexity index is 613. The standard InChI is InChI=1S/C13H12N2O4/c1-8-5-12(15-7-14-8)19-11-4-3-9(18-2)6-10(11)13(16)17/h3-7H,1-2H3,(H,16,17). The van der Waals surface area contributed by atoms with Gasteiger partial charge in [-0.2, -0.15) is 0 Å². The molecule has 19 heavy (non-hydrogen) atoms. The Balaban J connectivity index is 2.36. The van der Waals surface area contributed by atoms with Crippen LogP contribution in [-0.2, 0) is 0 Å². The molecule has 0 radical (unpaired) electrons. The highest BCUT2D eigenvalue weighted by molar-refractivity contribution is 5.91. The molecule has 0 atom stereocenters. The van der Waals surface area contributed by atoms with Crippen LogP contribution in [0.15, 0.2) is 30.6 Å². The Kier molecular flexibility index (Phi) is 3.61.